The molecule has 0 aliphatic rings. The fourth-order valence-electron chi connectivity index (χ4n) is 1.69. The van der Waals surface area contributed by atoms with Crippen molar-refractivity contribution >= 4 is 28.6 Å². The van der Waals surface area contributed by atoms with Gasteiger partial charge in [-0.2, -0.15) is 0 Å². The zero-order chi connectivity index (χ0) is 13.3. The summed E-state index contributed by atoms with van der Waals surface area (Å²) in [6, 6.07) is 1.75. The zero-order valence-electron chi connectivity index (χ0n) is 9.80. The first-order valence-electron chi connectivity index (χ1n) is 5.30. The maximum atomic E-state index is 13.6. The van der Waals surface area contributed by atoms with Gasteiger partial charge in [-0.1, -0.05) is 11.6 Å². The number of aryl methyl sites for hydroxylation is 1. The third-order valence-electron chi connectivity index (χ3n) is 2.54. The summed E-state index contributed by atoms with van der Waals surface area (Å²) in [6.45, 7) is 3.76. The summed E-state index contributed by atoms with van der Waals surface area (Å²) in [7, 11) is 0. The van der Waals surface area contributed by atoms with Crippen LogP contribution in [0.5, 0.6) is 0 Å². The highest BCUT2D eigenvalue weighted by Gasteiger charge is 2.16. The minimum absolute atomic E-state index is 0.0292. The van der Waals surface area contributed by atoms with Gasteiger partial charge < -0.3 is 5.32 Å². The van der Waals surface area contributed by atoms with Gasteiger partial charge in [0.05, 0.1) is 28.0 Å². The molecule has 0 saturated heterocycles. The molecule has 1 heterocycles. The first-order valence-corrected chi connectivity index (χ1v) is 6.56. The van der Waals surface area contributed by atoms with Crippen LogP contribution in [0.15, 0.2) is 17.6 Å². The number of hydrogen-bond acceptors (Lipinski definition) is 3. The molecule has 1 N–H and O–H groups in total. The smallest absolute Gasteiger partial charge is 0.150 e. The van der Waals surface area contributed by atoms with E-state index in [9.17, 15) is 8.78 Å². The number of rotatable bonds is 3. The Morgan fingerprint density at radius 3 is 2.67 bits per heavy atom. The second-order valence-corrected chi connectivity index (χ2v) is 5.21. The normalized spacial score (nSPS) is 12.5. The Labute approximate surface area is 113 Å². The summed E-state index contributed by atoms with van der Waals surface area (Å²) in [5.74, 6) is -1.39. The predicted molar refractivity (Wildman–Crippen MR) is 70.3 cm³/mol. The van der Waals surface area contributed by atoms with Crippen LogP contribution < -0.4 is 5.32 Å². The molecule has 2 nitrogen and oxygen atoms in total. The molecule has 1 aromatic carbocycles. The van der Waals surface area contributed by atoms with Crippen molar-refractivity contribution in [1.29, 1.82) is 0 Å². The Morgan fingerprint density at radius 1 is 1.39 bits per heavy atom. The lowest BCUT2D eigenvalue weighted by Gasteiger charge is -2.16. The molecule has 0 amide bonds. The second kappa shape index (κ2) is 5.20. The van der Waals surface area contributed by atoms with Crippen molar-refractivity contribution < 1.29 is 8.78 Å². The quantitative estimate of drug-likeness (QED) is 0.896. The van der Waals surface area contributed by atoms with E-state index in [0.717, 1.165) is 22.7 Å². The van der Waals surface area contributed by atoms with Crippen molar-refractivity contribution in [3.63, 3.8) is 0 Å². The Balaban J connectivity index is 2.27. The fourth-order valence-corrected chi connectivity index (χ4v) is 2.75. The number of benzene rings is 1. The molecule has 0 fully saturated rings. The van der Waals surface area contributed by atoms with Crippen LogP contribution in [0.1, 0.15) is 23.5 Å². The van der Waals surface area contributed by atoms with Gasteiger partial charge in [-0.05, 0) is 19.9 Å². The van der Waals surface area contributed by atoms with Gasteiger partial charge >= 0.3 is 0 Å². The minimum Gasteiger partial charge on any atom is -0.374 e. The number of aromatic nitrogens is 1. The van der Waals surface area contributed by atoms with Crippen molar-refractivity contribution in [2.45, 2.75) is 19.9 Å². The van der Waals surface area contributed by atoms with Gasteiger partial charge in [0, 0.05) is 10.9 Å². The highest BCUT2D eigenvalue weighted by atomic mass is 35.5. The van der Waals surface area contributed by atoms with Crippen molar-refractivity contribution in [3.05, 3.63) is 44.9 Å². The maximum absolute atomic E-state index is 13.6. The summed E-state index contributed by atoms with van der Waals surface area (Å²) < 4.78 is 26.5. The van der Waals surface area contributed by atoms with Crippen molar-refractivity contribution in [1.82, 2.24) is 4.98 Å². The molecule has 0 spiro atoms. The SMILES string of the molecule is Cc1ncsc1C(C)Nc1c(F)cc(F)cc1Cl. The maximum Gasteiger partial charge on any atom is 0.150 e. The summed E-state index contributed by atoms with van der Waals surface area (Å²) in [5, 5.41) is 2.97. The minimum atomic E-state index is -0.700. The molecule has 6 heteroatoms. The lowest BCUT2D eigenvalue weighted by Crippen LogP contribution is -2.08. The average Bonchev–Trinajstić information content (AvgIpc) is 2.69. The Hall–Kier alpha value is -1.20. The predicted octanol–water partition coefficient (Wildman–Crippen LogP) is 4.56. The molecule has 0 saturated carbocycles. The van der Waals surface area contributed by atoms with E-state index in [1.165, 1.54) is 11.3 Å². The Bertz CT molecular complexity index is 548. The van der Waals surface area contributed by atoms with Gasteiger partial charge in [0.2, 0.25) is 0 Å². The van der Waals surface area contributed by atoms with Crippen LogP contribution in [0.3, 0.4) is 0 Å². The van der Waals surface area contributed by atoms with E-state index in [2.05, 4.69) is 10.3 Å². The van der Waals surface area contributed by atoms with Crippen LogP contribution in [0.25, 0.3) is 0 Å². The molecule has 0 bridgehead atoms. The van der Waals surface area contributed by atoms with E-state index in [1.807, 2.05) is 13.8 Å². The summed E-state index contributed by atoms with van der Waals surface area (Å²) in [4.78, 5) is 5.13. The third-order valence-corrected chi connectivity index (χ3v) is 3.96. The number of hydrogen-bond donors (Lipinski definition) is 1. The van der Waals surface area contributed by atoms with Gasteiger partial charge in [-0.3, -0.25) is 0 Å². The fraction of sp³-hybridized carbons (Fsp3) is 0.250. The molecular weight excluding hydrogens is 278 g/mol. The first kappa shape index (κ1) is 13.2. The van der Waals surface area contributed by atoms with Gasteiger partial charge in [0.25, 0.3) is 0 Å². The largest absolute Gasteiger partial charge is 0.374 e. The van der Waals surface area contributed by atoms with Gasteiger partial charge in [0.1, 0.15) is 5.82 Å². The van der Waals surface area contributed by atoms with E-state index in [1.54, 1.807) is 5.51 Å². The zero-order valence-corrected chi connectivity index (χ0v) is 11.4. The second-order valence-electron chi connectivity index (χ2n) is 3.91. The first-order chi connectivity index (χ1) is 8.49. The molecule has 1 atom stereocenters. The molecular formula is C12H11ClF2N2S. The van der Waals surface area contributed by atoms with Crippen molar-refractivity contribution in [2.75, 3.05) is 5.32 Å². The molecule has 2 aromatic rings. The van der Waals surface area contributed by atoms with Crippen molar-refractivity contribution in [2.24, 2.45) is 0 Å². The molecule has 1 aromatic heterocycles. The van der Waals surface area contributed by atoms with Crippen LogP contribution in [0.4, 0.5) is 14.5 Å². The lowest BCUT2D eigenvalue weighted by molar-refractivity contribution is 0.584. The summed E-state index contributed by atoms with van der Waals surface area (Å²) in [6.07, 6.45) is 0. The van der Waals surface area contributed by atoms with Crippen LogP contribution in [-0.2, 0) is 0 Å². The lowest BCUT2D eigenvalue weighted by atomic mass is 10.2. The molecule has 96 valence electrons. The van der Waals surface area contributed by atoms with E-state index in [4.69, 9.17) is 11.6 Å². The summed E-state index contributed by atoms with van der Waals surface area (Å²) >= 11 is 7.30. The molecule has 0 radical (unpaired) electrons. The molecule has 0 aliphatic carbocycles. The van der Waals surface area contributed by atoms with E-state index in [-0.39, 0.29) is 16.8 Å². The highest BCUT2D eigenvalue weighted by Crippen LogP contribution is 2.31. The molecule has 0 aliphatic heterocycles. The topological polar surface area (TPSA) is 24.9 Å². The molecule has 2 rings (SSSR count). The number of thiazole rings is 1. The van der Waals surface area contributed by atoms with Crippen LogP contribution in [0, 0.1) is 18.6 Å². The number of anilines is 1. The number of nitrogens with zero attached hydrogens (tertiary/aromatic N) is 1. The Morgan fingerprint density at radius 2 is 2.11 bits per heavy atom. The van der Waals surface area contributed by atoms with Crippen LogP contribution >= 0.6 is 22.9 Å². The monoisotopic (exact) mass is 288 g/mol. The van der Waals surface area contributed by atoms with E-state index < -0.39 is 11.6 Å². The van der Waals surface area contributed by atoms with Crippen LogP contribution in [0.2, 0.25) is 5.02 Å². The van der Waals surface area contributed by atoms with E-state index >= 15 is 0 Å². The summed E-state index contributed by atoms with van der Waals surface area (Å²) in [5.41, 5.74) is 2.72. The Kier molecular flexibility index (Phi) is 3.82. The third kappa shape index (κ3) is 2.62. The van der Waals surface area contributed by atoms with E-state index in [0.29, 0.717) is 0 Å². The van der Waals surface area contributed by atoms with Gasteiger partial charge in [-0.15, -0.1) is 11.3 Å². The molecule has 1 unspecified atom stereocenters. The molecule has 18 heavy (non-hydrogen) atoms. The van der Waals surface area contributed by atoms with Crippen molar-refractivity contribution in [3.8, 4) is 0 Å². The number of nitrogens with one attached hydrogen (secondary N) is 1. The van der Waals surface area contributed by atoms with Gasteiger partial charge in [-0.25, -0.2) is 13.8 Å². The van der Waals surface area contributed by atoms with Gasteiger partial charge in [0.15, 0.2) is 5.82 Å². The number of halogens is 3. The standard InChI is InChI=1S/C12H11ClF2N2S/c1-6-12(18-5-16-6)7(2)17-11-9(13)3-8(14)4-10(11)15/h3-5,7,17H,1-2H3. The highest BCUT2D eigenvalue weighted by molar-refractivity contribution is 7.09. The van der Waals surface area contributed by atoms with Crippen LogP contribution in [-0.4, -0.2) is 4.98 Å². The average molecular weight is 289 g/mol.